The lowest BCUT2D eigenvalue weighted by atomic mass is 9.95. The predicted molar refractivity (Wildman–Crippen MR) is 139 cm³/mol. The van der Waals surface area contributed by atoms with Crippen LogP contribution in [0.2, 0.25) is 0 Å². The van der Waals surface area contributed by atoms with Crippen molar-refractivity contribution in [2.45, 2.75) is 38.8 Å². The average molecular weight is 489 g/mol. The third kappa shape index (κ3) is 4.80. The number of rotatable bonds is 4. The van der Waals surface area contributed by atoms with Crippen LogP contribution in [0.4, 0.5) is 5.82 Å². The van der Waals surface area contributed by atoms with Crippen molar-refractivity contribution >= 4 is 23.1 Å². The summed E-state index contributed by atoms with van der Waals surface area (Å²) >= 11 is 1.76. The molecule has 1 amide bonds. The molecule has 0 N–H and O–H groups in total. The van der Waals surface area contributed by atoms with E-state index in [1.165, 1.54) is 28.8 Å². The number of hydrogen-bond donors (Lipinski definition) is 0. The third-order valence-electron chi connectivity index (χ3n) is 7.44. The summed E-state index contributed by atoms with van der Waals surface area (Å²) in [5.41, 5.74) is 4.62. The first-order chi connectivity index (χ1) is 17.2. The summed E-state index contributed by atoms with van der Waals surface area (Å²) in [7, 11) is 0. The van der Waals surface area contributed by atoms with Gasteiger partial charge in [0.25, 0.3) is 5.91 Å². The molecule has 0 radical (unpaired) electrons. The number of amides is 1. The molecule has 1 aromatic carbocycles. The topological polar surface area (TPSA) is 48.9 Å². The Morgan fingerprint density at radius 3 is 2.77 bits per heavy atom. The second kappa shape index (κ2) is 9.99. The Bertz CT molecular complexity index is 1190. The number of nitrogens with zero attached hydrogens (tertiary/aromatic N) is 4. The average Bonchev–Trinajstić information content (AvgIpc) is 3.22. The first kappa shape index (κ1) is 22.6. The normalized spacial score (nSPS) is 18.4. The fourth-order valence-electron chi connectivity index (χ4n) is 5.50. The van der Waals surface area contributed by atoms with E-state index in [1.807, 2.05) is 23.2 Å². The number of carbonyl (C=O) groups excluding carboxylic acids is 1. The quantitative estimate of drug-likeness (QED) is 0.546. The van der Waals surface area contributed by atoms with Crippen LogP contribution >= 0.6 is 11.3 Å². The summed E-state index contributed by atoms with van der Waals surface area (Å²) in [5, 5.41) is 2.09. The molecule has 1 fully saturated rings. The molecule has 7 heteroatoms. The van der Waals surface area contributed by atoms with Crippen LogP contribution in [0.5, 0.6) is 5.75 Å². The molecule has 0 atom stereocenters. The van der Waals surface area contributed by atoms with E-state index >= 15 is 0 Å². The Morgan fingerprint density at radius 1 is 1.03 bits per heavy atom. The van der Waals surface area contributed by atoms with Crippen LogP contribution in [-0.2, 0) is 25.9 Å². The highest BCUT2D eigenvalue weighted by atomic mass is 32.1. The second-order valence-electron chi connectivity index (χ2n) is 9.73. The highest BCUT2D eigenvalue weighted by molar-refractivity contribution is 7.10. The first-order valence-corrected chi connectivity index (χ1v) is 13.6. The monoisotopic (exact) mass is 488 g/mol. The Hall–Kier alpha value is -2.90. The summed E-state index contributed by atoms with van der Waals surface area (Å²) in [6.07, 6.45) is 6.46. The molecule has 182 valence electrons. The number of hydrogen-bond acceptors (Lipinski definition) is 6. The van der Waals surface area contributed by atoms with Crippen LogP contribution in [0.3, 0.4) is 0 Å². The fraction of sp³-hybridized carbons (Fsp3) is 0.429. The molecule has 2 aromatic heterocycles. The maximum absolute atomic E-state index is 13.5. The number of carbonyl (C=O) groups is 1. The number of thiophene rings is 1. The lowest BCUT2D eigenvalue weighted by Gasteiger charge is -2.35. The van der Waals surface area contributed by atoms with E-state index in [1.54, 1.807) is 11.3 Å². The minimum absolute atomic E-state index is 0.164. The van der Waals surface area contributed by atoms with Crippen molar-refractivity contribution in [1.82, 2.24) is 14.8 Å². The smallest absolute Gasteiger partial charge is 0.255 e. The molecular formula is C28H32N4O2S. The number of piperazine rings is 1. The van der Waals surface area contributed by atoms with Crippen molar-refractivity contribution in [3.63, 3.8) is 0 Å². The van der Waals surface area contributed by atoms with Gasteiger partial charge in [0.1, 0.15) is 18.2 Å². The molecule has 3 aliphatic rings. The summed E-state index contributed by atoms with van der Waals surface area (Å²) in [6, 6.07) is 12.6. The molecule has 1 saturated heterocycles. The van der Waals surface area contributed by atoms with Gasteiger partial charge in [0.05, 0.1) is 12.1 Å². The summed E-state index contributed by atoms with van der Waals surface area (Å²) < 4.78 is 6.05. The molecule has 1 aliphatic carbocycles. The van der Waals surface area contributed by atoms with E-state index in [4.69, 9.17) is 4.74 Å². The van der Waals surface area contributed by atoms with Gasteiger partial charge in [0.2, 0.25) is 0 Å². The van der Waals surface area contributed by atoms with E-state index in [2.05, 4.69) is 44.4 Å². The van der Waals surface area contributed by atoms with Gasteiger partial charge >= 0.3 is 0 Å². The van der Waals surface area contributed by atoms with Crippen molar-refractivity contribution in [1.29, 1.82) is 0 Å². The van der Waals surface area contributed by atoms with Crippen LogP contribution in [0.15, 0.2) is 48.0 Å². The van der Waals surface area contributed by atoms with Crippen molar-refractivity contribution in [2.75, 3.05) is 44.2 Å². The standard InChI is InChI=1S/C28H32N4O2S/c33-28(24-20-35-26-6-2-1-5-23(24)26)32-15-16-34-25-9-8-21(17-22(25)19-32)18-30-11-13-31(14-12-30)27-7-3-4-10-29-27/h3-4,7-10,17,20H,1-2,5-6,11-16,18-19H2. The number of pyridine rings is 1. The van der Waals surface area contributed by atoms with Crippen LogP contribution in [-0.4, -0.2) is 60.0 Å². The number of benzene rings is 1. The maximum Gasteiger partial charge on any atom is 0.255 e. The van der Waals surface area contributed by atoms with E-state index in [-0.39, 0.29) is 5.91 Å². The molecule has 0 spiro atoms. The van der Waals surface area contributed by atoms with Gasteiger partial charge in [0, 0.05) is 61.3 Å². The number of fused-ring (bicyclic) bond motifs is 2. The molecule has 35 heavy (non-hydrogen) atoms. The highest BCUT2D eigenvalue weighted by Gasteiger charge is 2.26. The van der Waals surface area contributed by atoms with Gasteiger partial charge in [-0.1, -0.05) is 12.1 Å². The Kier molecular flexibility index (Phi) is 6.44. The van der Waals surface area contributed by atoms with E-state index < -0.39 is 0 Å². The molecule has 6 nitrogen and oxygen atoms in total. The van der Waals surface area contributed by atoms with Crippen molar-refractivity contribution in [2.24, 2.45) is 0 Å². The first-order valence-electron chi connectivity index (χ1n) is 12.8. The van der Waals surface area contributed by atoms with Crippen molar-refractivity contribution < 1.29 is 9.53 Å². The molecular weight excluding hydrogens is 456 g/mol. The zero-order valence-corrected chi connectivity index (χ0v) is 20.9. The zero-order chi connectivity index (χ0) is 23.6. The van der Waals surface area contributed by atoms with Gasteiger partial charge in [-0.15, -0.1) is 11.3 Å². The molecule has 6 rings (SSSR count). The Labute approximate surface area is 211 Å². The Balaban J connectivity index is 1.12. The van der Waals surface area contributed by atoms with E-state index in [9.17, 15) is 4.79 Å². The third-order valence-corrected chi connectivity index (χ3v) is 8.52. The zero-order valence-electron chi connectivity index (χ0n) is 20.1. The number of aryl methyl sites for hydroxylation is 1. The SMILES string of the molecule is O=C(c1csc2c1CCCC2)N1CCOc2ccc(CN3CCN(c4ccccn4)CC3)cc2C1. The molecule has 3 aromatic rings. The van der Waals surface area contributed by atoms with Gasteiger partial charge in [-0.2, -0.15) is 0 Å². The minimum Gasteiger partial charge on any atom is -0.491 e. The highest BCUT2D eigenvalue weighted by Crippen LogP contribution is 2.32. The second-order valence-corrected chi connectivity index (χ2v) is 10.7. The lowest BCUT2D eigenvalue weighted by Crippen LogP contribution is -2.46. The van der Waals surface area contributed by atoms with Crippen molar-refractivity contribution in [3.05, 3.63) is 75.1 Å². The molecule has 0 saturated carbocycles. The largest absolute Gasteiger partial charge is 0.491 e. The summed E-state index contributed by atoms with van der Waals surface area (Å²) in [4.78, 5) is 26.3. The minimum atomic E-state index is 0.164. The van der Waals surface area contributed by atoms with Crippen LogP contribution in [0.25, 0.3) is 0 Å². The van der Waals surface area contributed by atoms with Crippen LogP contribution < -0.4 is 9.64 Å². The van der Waals surface area contributed by atoms with Gasteiger partial charge in [-0.3, -0.25) is 9.69 Å². The van der Waals surface area contributed by atoms with Gasteiger partial charge < -0.3 is 14.5 Å². The van der Waals surface area contributed by atoms with E-state index in [0.717, 1.165) is 68.3 Å². The van der Waals surface area contributed by atoms with Crippen LogP contribution in [0.1, 0.15) is 44.8 Å². The number of aromatic nitrogens is 1. The van der Waals surface area contributed by atoms with Gasteiger partial charge in [-0.05, 0) is 61.1 Å². The van der Waals surface area contributed by atoms with Crippen molar-refractivity contribution in [3.8, 4) is 5.75 Å². The lowest BCUT2D eigenvalue weighted by molar-refractivity contribution is 0.0732. The summed E-state index contributed by atoms with van der Waals surface area (Å²) in [5.74, 6) is 2.14. The maximum atomic E-state index is 13.5. The molecule has 2 aliphatic heterocycles. The number of anilines is 1. The molecule has 0 unspecified atom stereocenters. The van der Waals surface area contributed by atoms with E-state index in [0.29, 0.717) is 19.7 Å². The number of ether oxygens (including phenoxy) is 1. The molecule has 0 bridgehead atoms. The van der Waals surface area contributed by atoms with Gasteiger partial charge in [0.15, 0.2) is 0 Å². The Morgan fingerprint density at radius 2 is 1.91 bits per heavy atom. The fourth-order valence-corrected chi connectivity index (χ4v) is 6.62. The summed E-state index contributed by atoms with van der Waals surface area (Å²) in [6.45, 7) is 6.69. The molecule has 4 heterocycles. The predicted octanol–water partition coefficient (Wildman–Crippen LogP) is 4.38. The van der Waals surface area contributed by atoms with Gasteiger partial charge in [-0.25, -0.2) is 4.98 Å². The van der Waals surface area contributed by atoms with Crippen LogP contribution in [0, 0.1) is 0 Å².